The Morgan fingerprint density at radius 2 is 2.16 bits per heavy atom. The summed E-state index contributed by atoms with van der Waals surface area (Å²) in [7, 11) is 1.54. The van der Waals surface area contributed by atoms with E-state index in [4.69, 9.17) is 0 Å². The number of likely N-dealkylation sites (N-methyl/N-ethyl adjacent to an activating group) is 1. The van der Waals surface area contributed by atoms with Gasteiger partial charge in [0.1, 0.15) is 5.75 Å². The van der Waals surface area contributed by atoms with E-state index in [9.17, 15) is 14.7 Å². The van der Waals surface area contributed by atoms with Gasteiger partial charge in [-0.25, -0.2) is 0 Å². The summed E-state index contributed by atoms with van der Waals surface area (Å²) in [5, 5.41) is 12.5. The fraction of sp³-hybridized carbons (Fsp3) is 0.385. The van der Waals surface area contributed by atoms with Crippen LogP contribution in [0.1, 0.15) is 23.2 Å². The first kappa shape index (κ1) is 13.9. The number of carbonyl (C=O) groups is 2. The van der Waals surface area contributed by atoms with Crippen molar-refractivity contribution >= 4 is 27.7 Å². The molecular formula is C13H15BrN2O3. The molecule has 1 aromatic rings. The van der Waals surface area contributed by atoms with E-state index < -0.39 is 0 Å². The van der Waals surface area contributed by atoms with Crippen molar-refractivity contribution in [2.24, 2.45) is 0 Å². The maximum absolute atomic E-state index is 12.1. The van der Waals surface area contributed by atoms with Crippen molar-refractivity contribution < 1.29 is 14.7 Å². The monoisotopic (exact) mass is 326 g/mol. The SMILES string of the molecule is CN(CC(=O)NC1CC1)C(=O)c1cc(Br)ccc1O. The number of rotatable bonds is 4. The lowest BCUT2D eigenvalue weighted by Gasteiger charge is -2.17. The normalized spacial score (nSPS) is 14.0. The van der Waals surface area contributed by atoms with Crippen molar-refractivity contribution in [2.75, 3.05) is 13.6 Å². The molecule has 1 saturated carbocycles. The number of phenolic OH excluding ortho intramolecular Hbond substituents is 1. The molecule has 2 rings (SSSR count). The van der Waals surface area contributed by atoms with Crippen LogP contribution in [0.15, 0.2) is 22.7 Å². The number of benzene rings is 1. The maximum atomic E-state index is 12.1. The van der Waals surface area contributed by atoms with E-state index in [1.54, 1.807) is 6.07 Å². The average Bonchev–Trinajstić information content (AvgIpc) is 3.15. The van der Waals surface area contributed by atoms with E-state index >= 15 is 0 Å². The van der Waals surface area contributed by atoms with Gasteiger partial charge in [0.15, 0.2) is 0 Å². The Balaban J connectivity index is 2.01. The summed E-state index contributed by atoms with van der Waals surface area (Å²) in [4.78, 5) is 25.0. The standard InChI is InChI=1S/C13H15BrN2O3/c1-16(7-12(18)15-9-3-4-9)13(19)10-6-8(14)2-5-11(10)17/h2,5-6,9,17H,3-4,7H2,1H3,(H,15,18). The minimum absolute atomic E-state index is 0.0126. The molecule has 1 aromatic carbocycles. The zero-order chi connectivity index (χ0) is 14.0. The van der Waals surface area contributed by atoms with Gasteiger partial charge in [0.25, 0.3) is 5.91 Å². The summed E-state index contributed by atoms with van der Waals surface area (Å²) in [6.45, 7) is -0.0126. The van der Waals surface area contributed by atoms with E-state index in [1.165, 1.54) is 24.1 Å². The first-order chi connectivity index (χ1) is 8.97. The Kier molecular flexibility index (Phi) is 4.09. The first-order valence-corrected chi connectivity index (χ1v) is 6.80. The van der Waals surface area contributed by atoms with Gasteiger partial charge in [0.05, 0.1) is 12.1 Å². The van der Waals surface area contributed by atoms with Crippen LogP contribution in [0.4, 0.5) is 0 Å². The Morgan fingerprint density at radius 1 is 1.47 bits per heavy atom. The molecule has 0 heterocycles. The van der Waals surface area contributed by atoms with Crippen LogP contribution in [0.2, 0.25) is 0 Å². The third-order valence-corrected chi connectivity index (χ3v) is 3.35. The number of hydrogen-bond acceptors (Lipinski definition) is 3. The molecule has 0 saturated heterocycles. The zero-order valence-electron chi connectivity index (χ0n) is 10.5. The second kappa shape index (κ2) is 5.61. The molecule has 0 radical (unpaired) electrons. The Morgan fingerprint density at radius 3 is 2.79 bits per heavy atom. The Bertz CT molecular complexity index is 515. The van der Waals surface area contributed by atoms with Crippen LogP contribution in [0.5, 0.6) is 5.75 Å². The molecule has 5 nitrogen and oxygen atoms in total. The number of nitrogens with one attached hydrogen (secondary N) is 1. The van der Waals surface area contributed by atoms with Crippen LogP contribution in [0.25, 0.3) is 0 Å². The predicted octanol–water partition coefficient (Wildman–Crippen LogP) is 1.51. The van der Waals surface area contributed by atoms with Crippen LogP contribution in [-0.2, 0) is 4.79 Å². The van der Waals surface area contributed by atoms with Crippen molar-refractivity contribution in [1.82, 2.24) is 10.2 Å². The summed E-state index contributed by atoms with van der Waals surface area (Å²) >= 11 is 3.24. The topological polar surface area (TPSA) is 69.6 Å². The van der Waals surface area contributed by atoms with Gasteiger partial charge in [0.2, 0.25) is 5.91 Å². The summed E-state index contributed by atoms with van der Waals surface area (Å²) in [6, 6.07) is 4.89. The number of carbonyl (C=O) groups excluding carboxylic acids is 2. The van der Waals surface area contributed by atoms with Crippen LogP contribution < -0.4 is 5.32 Å². The van der Waals surface area contributed by atoms with E-state index in [2.05, 4.69) is 21.2 Å². The predicted molar refractivity (Wildman–Crippen MR) is 73.9 cm³/mol. The van der Waals surface area contributed by atoms with E-state index in [1.807, 2.05) is 0 Å². The summed E-state index contributed by atoms with van der Waals surface area (Å²) < 4.78 is 0.699. The molecule has 19 heavy (non-hydrogen) atoms. The highest BCUT2D eigenvalue weighted by atomic mass is 79.9. The second-order valence-electron chi connectivity index (χ2n) is 4.66. The molecule has 1 aliphatic rings. The number of hydrogen-bond donors (Lipinski definition) is 2. The fourth-order valence-corrected chi connectivity index (χ4v) is 2.03. The molecule has 0 aromatic heterocycles. The molecule has 0 bridgehead atoms. The number of amides is 2. The third-order valence-electron chi connectivity index (χ3n) is 2.86. The first-order valence-electron chi connectivity index (χ1n) is 6.00. The van der Waals surface area contributed by atoms with E-state index in [-0.39, 0.29) is 35.7 Å². The highest BCUT2D eigenvalue weighted by Crippen LogP contribution is 2.23. The lowest BCUT2D eigenvalue weighted by atomic mass is 10.2. The summed E-state index contributed by atoms with van der Waals surface area (Å²) in [6.07, 6.45) is 2.02. The minimum atomic E-state index is -0.384. The molecule has 102 valence electrons. The quantitative estimate of drug-likeness (QED) is 0.881. The van der Waals surface area contributed by atoms with Crippen molar-refractivity contribution in [3.63, 3.8) is 0 Å². The minimum Gasteiger partial charge on any atom is -0.507 e. The van der Waals surface area contributed by atoms with Gasteiger partial charge in [-0.3, -0.25) is 9.59 Å². The molecule has 0 unspecified atom stereocenters. The molecule has 0 spiro atoms. The van der Waals surface area contributed by atoms with E-state index in [0.717, 1.165) is 12.8 Å². The molecule has 2 N–H and O–H groups in total. The molecule has 1 fully saturated rings. The Labute approximate surface area is 119 Å². The summed E-state index contributed by atoms with van der Waals surface area (Å²) in [5.41, 5.74) is 0.177. The van der Waals surface area contributed by atoms with Gasteiger partial charge in [-0.2, -0.15) is 0 Å². The van der Waals surface area contributed by atoms with Crippen LogP contribution in [0, 0.1) is 0 Å². The van der Waals surface area contributed by atoms with Gasteiger partial charge >= 0.3 is 0 Å². The smallest absolute Gasteiger partial charge is 0.257 e. The lowest BCUT2D eigenvalue weighted by Crippen LogP contribution is -2.39. The summed E-state index contributed by atoms with van der Waals surface area (Å²) in [5.74, 6) is -0.653. The molecule has 6 heteroatoms. The molecular weight excluding hydrogens is 312 g/mol. The fourth-order valence-electron chi connectivity index (χ4n) is 1.67. The van der Waals surface area contributed by atoms with Gasteiger partial charge in [-0.1, -0.05) is 15.9 Å². The van der Waals surface area contributed by atoms with Crippen LogP contribution in [-0.4, -0.2) is 41.5 Å². The highest BCUT2D eigenvalue weighted by Gasteiger charge is 2.25. The lowest BCUT2D eigenvalue weighted by molar-refractivity contribution is -0.121. The van der Waals surface area contributed by atoms with Crippen molar-refractivity contribution in [3.8, 4) is 5.75 Å². The third kappa shape index (κ3) is 3.70. The second-order valence-corrected chi connectivity index (χ2v) is 5.58. The van der Waals surface area contributed by atoms with Crippen molar-refractivity contribution in [1.29, 1.82) is 0 Å². The van der Waals surface area contributed by atoms with Crippen LogP contribution in [0.3, 0.4) is 0 Å². The van der Waals surface area contributed by atoms with Gasteiger partial charge in [0, 0.05) is 17.6 Å². The molecule has 1 aliphatic carbocycles. The molecule has 0 atom stereocenters. The zero-order valence-corrected chi connectivity index (χ0v) is 12.1. The Hall–Kier alpha value is -1.56. The van der Waals surface area contributed by atoms with Gasteiger partial charge < -0.3 is 15.3 Å². The van der Waals surface area contributed by atoms with Crippen molar-refractivity contribution in [3.05, 3.63) is 28.2 Å². The number of aromatic hydroxyl groups is 1. The molecule has 0 aliphatic heterocycles. The maximum Gasteiger partial charge on any atom is 0.257 e. The average molecular weight is 327 g/mol. The number of phenols is 1. The molecule has 2 amide bonds. The van der Waals surface area contributed by atoms with Gasteiger partial charge in [-0.15, -0.1) is 0 Å². The largest absolute Gasteiger partial charge is 0.507 e. The number of halogens is 1. The van der Waals surface area contributed by atoms with Crippen LogP contribution >= 0.6 is 15.9 Å². The van der Waals surface area contributed by atoms with E-state index in [0.29, 0.717) is 4.47 Å². The highest BCUT2D eigenvalue weighted by molar-refractivity contribution is 9.10. The van der Waals surface area contributed by atoms with Crippen molar-refractivity contribution in [2.45, 2.75) is 18.9 Å². The van der Waals surface area contributed by atoms with Gasteiger partial charge in [-0.05, 0) is 31.0 Å². The number of nitrogens with zero attached hydrogens (tertiary/aromatic N) is 1.